The Morgan fingerprint density at radius 2 is 1.91 bits per heavy atom. The molecule has 1 atom stereocenters. The van der Waals surface area contributed by atoms with Crippen molar-refractivity contribution in [3.8, 4) is 0 Å². The van der Waals surface area contributed by atoms with Gasteiger partial charge in [-0.1, -0.05) is 12.7 Å². The smallest absolute Gasteiger partial charge is 0.408 e. The normalized spacial score (nSPS) is 12.0. The fraction of sp³-hybridized carbons (Fsp3) is 0.667. The van der Waals surface area contributed by atoms with Crippen LogP contribution in [0.2, 0.25) is 0 Å². The molecule has 0 unspecified atom stereocenters. The molecule has 0 fully saturated rings. The van der Waals surface area contributed by atoms with E-state index < -0.39 is 23.8 Å². The third-order valence-electron chi connectivity index (χ3n) is 2.41. The van der Waals surface area contributed by atoms with Gasteiger partial charge < -0.3 is 24.9 Å². The van der Waals surface area contributed by atoms with Gasteiger partial charge in [-0.3, -0.25) is 0 Å². The summed E-state index contributed by atoms with van der Waals surface area (Å²) in [6.45, 7) is 9.33. The van der Waals surface area contributed by atoms with E-state index in [0.29, 0.717) is 32.1 Å². The molecule has 0 aliphatic carbocycles. The Hall–Kier alpha value is -2.05. The molecule has 0 saturated carbocycles. The minimum atomic E-state index is -0.649. The molecule has 0 aliphatic heterocycles. The zero-order chi connectivity index (χ0) is 17.0. The summed E-state index contributed by atoms with van der Waals surface area (Å²) in [5.41, 5.74) is -0.525. The maximum Gasteiger partial charge on any atom is 0.408 e. The molecule has 0 bridgehead atoms. The summed E-state index contributed by atoms with van der Waals surface area (Å²) < 4.78 is 9.82. The molecule has 0 saturated heterocycles. The first kappa shape index (κ1) is 19.9. The van der Waals surface area contributed by atoms with Gasteiger partial charge in [-0.05, 0) is 40.0 Å². The Morgan fingerprint density at radius 1 is 1.23 bits per heavy atom. The molecule has 0 aromatic rings. The number of rotatable bonds is 9. The standard InChI is InChI=1S/C15H26N2O5/c1-5-10-21-14(20)17-12(11-18)8-6-7-9-16-13(19)22-15(2,3)4/h5,11-12H,1,6-10H2,2-4H3,(H,16,19)(H,17,20)/t12-/m0/s1. The van der Waals surface area contributed by atoms with Crippen LogP contribution >= 0.6 is 0 Å². The van der Waals surface area contributed by atoms with Gasteiger partial charge in [0.05, 0.1) is 6.04 Å². The molecule has 0 aromatic heterocycles. The summed E-state index contributed by atoms with van der Waals surface area (Å²) in [4.78, 5) is 33.5. The lowest BCUT2D eigenvalue weighted by Gasteiger charge is -2.19. The third-order valence-corrected chi connectivity index (χ3v) is 2.41. The molecule has 2 amide bonds. The summed E-state index contributed by atoms with van der Waals surface area (Å²) in [5.74, 6) is 0. The van der Waals surface area contributed by atoms with Gasteiger partial charge in [0, 0.05) is 6.54 Å². The molecule has 0 radical (unpaired) electrons. The number of unbranched alkanes of at least 4 members (excludes halogenated alkanes) is 1. The molecule has 0 aliphatic rings. The second-order valence-electron chi connectivity index (χ2n) is 5.70. The maximum atomic E-state index is 11.4. The van der Waals surface area contributed by atoms with Crippen molar-refractivity contribution in [3.05, 3.63) is 12.7 Å². The highest BCUT2D eigenvalue weighted by Gasteiger charge is 2.15. The van der Waals surface area contributed by atoms with E-state index in [1.54, 1.807) is 20.8 Å². The summed E-state index contributed by atoms with van der Waals surface area (Å²) in [7, 11) is 0. The molecule has 7 nitrogen and oxygen atoms in total. The predicted octanol–water partition coefficient (Wildman–Crippen LogP) is 2.16. The van der Waals surface area contributed by atoms with Crippen LogP contribution in [0.4, 0.5) is 9.59 Å². The van der Waals surface area contributed by atoms with Crippen molar-refractivity contribution in [2.45, 2.75) is 51.7 Å². The molecule has 0 aromatic carbocycles. The zero-order valence-corrected chi connectivity index (χ0v) is 13.5. The largest absolute Gasteiger partial charge is 0.445 e. The minimum absolute atomic E-state index is 0.0945. The van der Waals surface area contributed by atoms with Crippen molar-refractivity contribution in [2.75, 3.05) is 13.2 Å². The average molecular weight is 314 g/mol. The number of hydrogen-bond acceptors (Lipinski definition) is 5. The number of ether oxygens (including phenoxy) is 2. The Kier molecular flexibility index (Phi) is 9.65. The zero-order valence-electron chi connectivity index (χ0n) is 13.5. The number of aldehydes is 1. The Bertz CT molecular complexity index is 377. The molecular weight excluding hydrogens is 288 g/mol. The number of alkyl carbamates (subject to hydrolysis) is 2. The van der Waals surface area contributed by atoms with Crippen molar-refractivity contribution >= 4 is 18.5 Å². The summed E-state index contributed by atoms with van der Waals surface area (Å²) >= 11 is 0. The SMILES string of the molecule is C=CCOC(=O)N[C@H](C=O)CCCCNC(=O)OC(C)(C)C. The van der Waals surface area contributed by atoms with Crippen molar-refractivity contribution in [1.82, 2.24) is 10.6 Å². The lowest BCUT2D eigenvalue weighted by molar-refractivity contribution is -0.109. The minimum Gasteiger partial charge on any atom is -0.445 e. The van der Waals surface area contributed by atoms with Crippen LogP contribution in [0.1, 0.15) is 40.0 Å². The van der Waals surface area contributed by atoms with Crippen LogP contribution in [-0.2, 0) is 14.3 Å². The topological polar surface area (TPSA) is 93.7 Å². The highest BCUT2D eigenvalue weighted by atomic mass is 16.6. The van der Waals surface area contributed by atoms with Crippen LogP contribution in [0, 0.1) is 0 Å². The van der Waals surface area contributed by atoms with Crippen LogP contribution in [0.25, 0.3) is 0 Å². The van der Waals surface area contributed by atoms with Gasteiger partial charge in [-0.25, -0.2) is 9.59 Å². The van der Waals surface area contributed by atoms with Gasteiger partial charge in [0.25, 0.3) is 0 Å². The van der Waals surface area contributed by atoms with Gasteiger partial charge in [0.1, 0.15) is 18.5 Å². The number of carbonyl (C=O) groups excluding carboxylic acids is 3. The van der Waals surface area contributed by atoms with Gasteiger partial charge in [0.2, 0.25) is 0 Å². The van der Waals surface area contributed by atoms with Crippen LogP contribution in [0.5, 0.6) is 0 Å². The van der Waals surface area contributed by atoms with Gasteiger partial charge in [0.15, 0.2) is 0 Å². The first-order chi connectivity index (χ1) is 10.3. The van der Waals surface area contributed by atoms with Crippen molar-refractivity contribution in [1.29, 1.82) is 0 Å². The van der Waals surface area contributed by atoms with E-state index in [4.69, 9.17) is 9.47 Å². The third kappa shape index (κ3) is 11.7. The van der Waals surface area contributed by atoms with E-state index in [1.165, 1.54) is 6.08 Å². The van der Waals surface area contributed by atoms with Crippen molar-refractivity contribution in [2.24, 2.45) is 0 Å². The molecule has 2 N–H and O–H groups in total. The lowest BCUT2D eigenvalue weighted by atomic mass is 10.1. The van der Waals surface area contributed by atoms with E-state index in [9.17, 15) is 14.4 Å². The second kappa shape index (κ2) is 10.6. The fourth-order valence-electron chi connectivity index (χ4n) is 1.50. The van der Waals surface area contributed by atoms with Crippen LogP contribution in [0.3, 0.4) is 0 Å². The molecule has 126 valence electrons. The number of nitrogens with one attached hydrogen (secondary N) is 2. The van der Waals surface area contributed by atoms with Crippen molar-refractivity contribution < 1.29 is 23.9 Å². The highest BCUT2D eigenvalue weighted by molar-refractivity contribution is 5.73. The summed E-state index contributed by atoms with van der Waals surface area (Å²) in [6.07, 6.45) is 2.81. The van der Waals surface area contributed by atoms with E-state index >= 15 is 0 Å². The maximum absolute atomic E-state index is 11.4. The molecule has 0 spiro atoms. The fourth-order valence-corrected chi connectivity index (χ4v) is 1.50. The lowest BCUT2D eigenvalue weighted by Crippen LogP contribution is -2.36. The van der Waals surface area contributed by atoms with Crippen LogP contribution in [0.15, 0.2) is 12.7 Å². The highest BCUT2D eigenvalue weighted by Crippen LogP contribution is 2.06. The monoisotopic (exact) mass is 314 g/mol. The Labute approximate surface area is 131 Å². The number of carbonyl (C=O) groups is 3. The molecule has 0 heterocycles. The quantitative estimate of drug-likeness (QED) is 0.386. The first-order valence-electron chi connectivity index (χ1n) is 7.25. The van der Waals surface area contributed by atoms with Crippen LogP contribution in [-0.4, -0.2) is 43.3 Å². The predicted molar refractivity (Wildman–Crippen MR) is 82.6 cm³/mol. The summed E-state index contributed by atoms with van der Waals surface area (Å²) in [6, 6.07) is -0.598. The average Bonchev–Trinajstić information content (AvgIpc) is 2.41. The number of amides is 2. The summed E-state index contributed by atoms with van der Waals surface area (Å²) in [5, 5.41) is 5.07. The molecule has 22 heavy (non-hydrogen) atoms. The van der Waals surface area contributed by atoms with Crippen LogP contribution < -0.4 is 10.6 Å². The Balaban J connectivity index is 3.79. The molecule has 7 heteroatoms. The van der Waals surface area contributed by atoms with Gasteiger partial charge in [-0.15, -0.1) is 0 Å². The number of hydrogen-bond donors (Lipinski definition) is 2. The van der Waals surface area contributed by atoms with E-state index in [2.05, 4.69) is 17.2 Å². The molecule has 0 rings (SSSR count). The van der Waals surface area contributed by atoms with Gasteiger partial charge >= 0.3 is 12.2 Å². The van der Waals surface area contributed by atoms with E-state index in [-0.39, 0.29) is 6.61 Å². The van der Waals surface area contributed by atoms with Gasteiger partial charge in [-0.2, -0.15) is 0 Å². The first-order valence-corrected chi connectivity index (χ1v) is 7.25. The molecular formula is C15H26N2O5. The second-order valence-corrected chi connectivity index (χ2v) is 5.70. The van der Waals surface area contributed by atoms with Crippen molar-refractivity contribution in [3.63, 3.8) is 0 Å². The van der Waals surface area contributed by atoms with E-state index in [0.717, 1.165) is 0 Å². The Morgan fingerprint density at radius 3 is 2.45 bits per heavy atom. The van der Waals surface area contributed by atoms with E-state index in [1.807, 2.05) is 0 Å².